The van der Waals surface area contributed by atoms with Gasteiger partial charge < -0.3 is 23.7 Å². The molecule has 0 aliphatic heterocycles. The van der Waals surface area contributed by atoms with E-state index in [9.17, 15) is 24.0 Å². The summed E-state index contributed by atoms with van der Waals surface area (Å²) >= 11 is 0. The third-order valence-electron chi connectivity index (χ3n) is 9.66. The maximum Gasteiger partial charge on any atom is 0.159 e. The van der Waals surface area contributed by atoms with Gasteiger partial charge in [0.05, 0.1) is 35.5 Å². The van der Waals surface area contributed by atoms with Gasteiger partial charge in [-0.2, -0.15) is 0 Å². The van der Waals surface area contributed by atoms with E-state index in [0.29, 0.717) is 27.8 Å². The highest BCUT2D eigenvalue weighted by Gasteiger charge is 2.05. The van der Waals surface area contributed by atoms with E-state index in [1.165, 1.54) is 25.0 Å². The summed E-state index contributed by atoms with van der Waals surface area (Å²) in [7, 11) is 8.22. The Kier molecular flexibility index (Phi) is 21.1. The van der Waals surface area contributed by atoms with Crippen LogP contribution in [-0.4, -0.2) is 64.5 Å². The van der Waals surface area contributed by atoms with Gasteiger partial charge in [0.15, 0.2) is 28.9 Å². The van der Waals surface area contributed by atoms with Crippen molar-refractivity contribution in [3.05, 3.63) is 186 Å². The lowest BCUT2D eigenvalue weighted by Gasteiger charge is -2.05. The molecule has 0 spiro atoms. The van der Waals surface area contributed by atoms with E-state index in [4.69, 9.17) is 23.7 Å². The first kappa shape index (κ1) is 51.5. The van der Waals surface area contributed by atoms with E-state index in [-0.39, 0.29) is 28.9 Å². The maximum atomic E-state index is 11.2. The van der Waals surface area contributed by atoms with Crippen LogP contribution in [0.15, 0.2) is 158 Å². The summed E-state index contributed by atoms with van der Waals surface area (Å²) in [6, 6.07) is 48.2. The Morgan fingerprint density at radius 3 is 0.662 bits per heavy atom. The van der Waals surface area contributed by atoms with E-state index in [2.05, 4.69) is 0 Å². The van der Waals surface area contributed by atoms with Crippen molar-refractivity contribution in [2.75, 3.05) is 35.5 Å². The molecule has 7 rings (SSSR count). The molecule has 0 N–H and O–H groups in total. The number of ether oxygens (including phenoxy) is 5. The highest BCUT2D eigenvalue weighted by Crippen LogP contribution is 2.24. The van der Waals surface area contributed by atoms with Crippen LogP contribution in [-0.2, 0) is 0 Å². The second-order valence-electron chi connectivity index (χ2n) is 14.2. The third kappa shape index (κ3) is 17.1. The minimum Gasteiger partial charge on any atom is -0.497 e. The molecule has 0 aromatic heterocycles. The molecular formula is C55H56O10. The average molecular weight is 877 g/mol. The first-order valence-electron chi connectivity index (χ1n) is 20.4. The van der Waals surface area contributed by atoms with E-state index >= 15 is 0 Å². The van der Waals surface area contributed by atoms with Crippen LogP contribution < -0.4 is 23.7 Å². The molecule has 336 valence electrons. The molecule has 7 aromatic carbocycles. The first-order valence-corrected chi connectivity index (χ1v) is 20.4. The Hall–Kier alpha value is -7.85. The molecule has 0 bridgehead atoms. The second kappa shape index (κ2) is 26.6. The number of benzene rings is 7. The maximum absolute atomic E-state index is 11.2. The number of methoxy groups -OCH3 is 5. The van der Waals surface area contributed by atoms with E-state index in [0.717, 1.165) is 39.5 Å². The van der Waals surface area contributed by atoms with Crippen LogP contribution >= 0.6 is 0 Å². The molecule has 0 amide bonds. The monoisotopic (exact) mass is 876 g/mol. The van der Waals surface area contributed by atoms with Crippen LogP contribution in [0.4, 0.5) is 0 Å². The topological polar surface area (TPSA) is 132 Å². The van der Waals surface area contributed by atoms with Gasteiger partial charge in [-0.1, -0.05) is 72.8 Å². The van der Waals surface area contributed by atoms with Gasteiger partial charge in [-0.05, 0) is 141 Å². The van der Waals surface area contributed by atoms with Crippen LogP contribution in [0, 0.1) is 0 Å². The van der Waals surface area contributed by atoms with Gasteiger partial charge in [0.2, 0.25) is 0 Å². The van der Waals surface area contributed by atoms with E-state index in [1.807, 2.05) is 97.1 Å². The molecule has 65 heavy (non-hydrogen) atoms. The summed E-state index contributed by atoms with van der Waals surface area (Å²) in [4.78, 5) is 54.9. The number of rotatable bonds is 11. The smallest absolute Gasteiger partial charge is 0.159 e. The number of ketones is 5. The van der Waals surface area contributed by atoms with Crippen molar-refractivity contribution in [2.24, 2.45) is 0 Å². The average Bonchev–Trinajstić information content (AvgIpc) is 3.34. The van der Waals surface area contributed by atoms with Gasteiger partial charge in [-0.15, -0.1) is 0 Å². The van der Waals surface area contributed by atoms with Crippen LogP contribution in [0.2, 0.25) is 0 Å². The summed E-state index contributed by atoms with van der Waals surface area (Å²) in [5.74, 6) is 4.43. The number of carbonyl (C=O) groups is 5. The molecule has 0 atom stereocenters. The fraction of sp³-hybridized carbons (Fsp3) is 0.182. The number of carbonyl (C=O) groups excluding carboxylic acids is 5. The predicted octanol–water partition coefficient (Wildman–Crippen LogP) is 12.3. The summed E-state index contributed by atoms with van der Waals surface area (Å²) in [6.45, 7) is 7.64. The van der Waals surface area contributed by atoms with Gasteiger partial charge in [0.1, 0.15) is 28.7 Å². The van der Waals surface area contributed by atoms with Crippen molar-refractivity contribution < 1.29 is 47.7 Å². The zero-order valence-electron chi connectivity index (χ0n) is 38.6. The second-order valence-corrected chi connectivity index (χ2v) is 14.2. The van der Waals surface area contributed by atoms with E-state index < -0.39 is 0 Å². The lowest BCUT2D eigenvalue weighted by molar-refractivity contribution is 0.100. The fourth-order valence-corrected chi connectivity index (χ4v) is 5.73. The summed E-state index contributed by atoms with van der Waals surface area (Å²) < 4.78 is 25.1. The third-order valence-corrected chi connectivity index (χ3v) is 9.66. The molecule has 0 unspecified atom stereocenters. The van der Waals surface area contributed by atoms with Gasteiger partial charge in [0.25, 0.3) is 0 Å². The molecule has 0 saturated heterocycles. The van der Waals surface area contributed by atoms with Crippen LogP contribution in [0.25, 0.3) is 21.9 Å². The zero-order chi connectivity index (χ0) is 47.9. The fourth-order valence-electron chi connectivity index (χ4n) is 5.73. The zero-order valence-corrected chi connectivity index (χ0v) is 38.6. The minimum atomic E-state index is 0.0186. The molecular weight excluding hydrogens is 821 g/mol. The SMILES string of the molecule is CC(=O)c1ccc(C(C)=O)cc1.CC(=O)c1ccc2cc(C(C)=O)ccc2c1.COc1ccc(-c2ccc(OC)cc2)cc1.COc1ccc(C(C)=O)cc1.COc1ccc(OC)cc1. The largest absolute Gasteiger partial charge is 0.497 e. The standard InChI is InChI=1S/C14H14O2.C14H12O2.C10H10O2.C9H10O2.C8H10O2/c1-15-13-7-3-11(4-8-13)12-5-9-14(16-2)10-6-12;1-9(15)11-3-5-14-8-12(10(2)16)4-6-13(14)7-11;1-7(11)9-3-5-10(6-4-9)8(2)12;1-7(10)8-3-5-9(11-2)6-4-8;1-9-7-3-5-8(10-2)6-4-7/h3-10H,1-2H3;3-8H,1-2H3;3-6H,1-2H3;3-6H,1-2H3;3-6H,1-2H3. The normalized spacial score (nSPS) is 9.69. The predicted molar refractivity (Wildman–Crippen MR) is 258 cm³/mol. The van der Waals surface area contributed by atoms with E-state index in [1.54, 1.807) is 117 Å². The summed E-state index contributed by atoms with van der Waals surface area (Å²) in [5.41, 5.74) is 5.73. The molecule has 7 aromatic rings. The number of fused-ring (bicyclic) bond motifs is 1. The Morgan fingerprint density at radius 2 is 0.446 bits per heavy atom. The number of hydrogen-bond acceptors (Lipinski definition) is 10. The van der Waals surface area contributed by atoms with Crippen molar-refractivity contribution >= 4 is 39.7 Å². The Morgan fingerprint density at radius 1 is 0.262 bits per heavy atom. The molecule has 0 aliphatic carbocycles. The Bertz CT molecular complexity index is 2460. The Balaban J connectivity index is 0.000000219. The molecule has 0 saturated carbocycles. The quantitative estimate of drug-likeness (QED) is 0.116. The molecule has 10 heteroatoms. The lowest BCUT2D eigenvalue weighted by atomic mass is 10.0. The van der Waals surface area contributed by atoms with Gasteiger partial charge in [-0.3, -0.25) is 24.0 Å². The van der Waals surface area contributed by atoms with Crippen molar-refractivity contribution in [3.63, 3.8) is 0 Å². The van der Waals surface area contributed by atoms with Crippen LogP contribution in [0.1, 0.15) is 86.4 Å². The van der Waals surface area contributed by atoms with Gasteiger partial charge in [-0.25, -0.2) is 0 Å². The number of Topliss-reactive ketones (excluding diaryl/α,β-unsaturated/α-hetero) is 5. The molecule has 0 aliphatic rings. The van der Waals surface area contributed by atoms with Crippen molar-refractivity contribution in [1.29, 1.82) is 0 Å². The number of hydrogen-bond donors (Lipinski definition) is 0. The highest BCUT2D eigenvalue weighted by molar-refractivity contribution is 6.02. The molecule has 10 nitrogen and oxygen atoms in total. The van der Waals surface area contributed by atoms with Crippen molar-refractivity contribution in [3.8, 4) is 39.9 Å². The van der Waals surface area contributed by atoms with Gasteiger partial charge in [0, 0.05) is 27.8 Å². The summed E-state index contributed by atoms with van der Waals surface area (Å²) in [5, 5.41) is 1.97. The Labute approximate surface area is 381 Å². The molecule has 0 radical (unpaired) electrons. The van der Waals surface area contributed by atoms with Gasteiger partial charge >= 0.3 is 0 Å². The summed E-state index contributed by atoms with van der Waals surface area (Å²) in [6.07, 6.45) is 0. The molecule has 0 heterocycles. The highest BCUT2D eigenvalue weighted by atomic mass is 16.5. The first-order chi connectivity index (χ1) is 31.1. The lowest BCUT2D eigenvalue weighted by Crippen LogP contribution is -1.95. The van der Waals surface area contributed by atoms with Crippen LogP contribution in [0.5, 0.6) is 28.7 Å². The molecule has 0 fully saturated rings. The van der Waals surface area contributed by atoms with Crippen molar-refractivity contribution in [2.45, 2.75) is 34.6 Å². The van der Waals surface area contributed by atoms with Crippen LogP contribution in [0.3, 0.4) is 0 Å². The minimum absolute atomic E-state index is 0.0186. The van der Waals surface area contributed by atoms with Crippen molar-refractivity contribution in [1.82, 2.24) is 0 Å².